The Morgan fingerprint density at radius 3 is 2.65 bits per heavy atom. The third-order valence-electron chi connectivity index (χ3n) is 4.54. The number of benzene rings is 1. The van der Waals surface area contributed by atoms with Gasteiger partial charge in [0.1, 0.15) is 5.82 Å². The quantitative estimate of drug-likeness (QED) is 0.893. The van der Waals surface area contributed by atoms with Crippen molar-refractivity contribution >= 4 is 5.69 Å². The summed E-state index contributed by atoms with van der Waals surface area (Å²) in [6.45, 7) is 6.21. The molecule has 0 aliphatic carbocycles. The van der Waals surface area contributed by atoms with E-state index in [-0.39, 0.29) is 5.82 Å². The van der Waals surface area contributed by atoms with Gasteiger partial charge in [-0.1, -0.05) is 18.6 Å². The molecule has 0 bridgehead atoms. The highest BCUT2D eigenvalue weighted by Crippen LogP contribution is 2.21. The van der Waals surface area contributed by atoms with Crippen LogP contribution in [0.25, 0.3) is 0 Å². The van der Waals surface area contributed by atoms with Crippen molar-refractivity contribution in [1.29, 1.82) is 0 Å². The highest BCUT2D eigenvalue weighted by atomic mass is 19.1. The van der Waals surface area contributed by atoms with Crippen molar-refractivity contribution in [2.24, 2.45) is 0 Å². The summed E-state index contributed by atoms with van der Waals surface area (Å²) in [5.74, 6) is -0.0999. The van der Waals surface area contributed by atoms with Gasteiger partial charge in [-0.25, -0.2) is 4.39 Å². The minimum absolute atomic E-state index is 0.0999. The van der Waals surface area contributed by atoms with Crippen LogP contribution in [0, 0.1) is 5.82 Å². The van der Waals surface area contributed by atoms with Crippen LogP contribution in [0.15, 0.2) is 24.3 Å². The summed E-state index contributed by atoms with van der Waals surface area (Å²) in [5.41, 5.74) is 0.756. The van der Waals surface area contributed by atoms with E-state index in [0.29, 0.717) is 6.04 Å². The van der Waals surface area contributed by atoms with Crippen molar-refractivity contribution < 1.29 is 4.39 Å². The molecule has 2 heterocycles. The van der Waals surface area contributed by atoms with E-state index in [1.807, 2.05) is 12.1 Å². The number of hydrogen-bond acceptors (Lipinski definition) is 3. The van der Waals surface area contributed by atoms with Crippen LogP contribution in [0.1, 0.15) is 19.3 Å². The molecule has 2 aliphatic heterocycles. The van der Waals surface area contributed by atoms with Crippen LogP contribution in [-0.4, -0.2) is 50.2 Å². The fourth-order valence-corrected chi connectivity index (χ4v) is 3.35. The molecule has 0 radical (unpaired) electrons. The average Bonchev–Trinajstić information content (AvgIpc) is 2.77. The summed E-state index contributed by atoms with van der Waals surface area (Å²) in [4.78, 5) is 4.76. The molecule has 0 amide bonds. The highest BCUT2D eigenvalue weighted by Gasteiger charge is 2.25. The van der Waals surface area contributed by atoms with Crippen LogP contribution in [0.4, 0.5) is 10.1 Å². The number of anilines is 1. The van der Waals surface area contributed by atoms with Gasteiger partial charge in [-0.05, 0) is 31.5 Å². The molecular weight excluding hydrogens is 253 g/mol. The standard InChI is InChI=1S/C16H24FN3/c17-15-6-1-2-7-16(15)20-11-9-19(10-12-20)14-5-3-4-8-18-13-14/h1-2,6-7,14,18H,3-5,8-13H2. The van der Waals surface area contributed by atoms with E-state index in [4.69, 9.17) is 0 Å². The van der Waals surface area contributed by atoms with E-state index in [0.717, 1.165) is 45.0 Å². The second-order valence-electron chi connectivity index (χ2n) is 5.83. The van der Waals surface area contributed by atoms with E-state index in [1.165, 1.54) is 19.3 Å². The molecule has 4 heteroatoms. The van der Waals surface area contributed by atoms with Gasteiger partial charge in [0.05, 0.1) is 5.69 Å². The molecule has 2 aliphatic rings. The van der Waals surface area contributed by atoms with Gasteiger partial charge in [0.25, 0.3) is 0 Å². The first-order valence-electron chi connectivity index (χ1n) is 7.79. The molecule has 3 rings (SSSR count). The zero-order valence-corrected chi connectivity index (χ0v) is 12.0. The van der Waals surface area contributed by atoms with Gasteiger partial charge < -0.3 is 10.2 Å². The van der Waals surface area contributed by atoms with Crippen LogP contribution in [0.2, 0.25) is 0 Å². The number of para-hydroxylation sites is 1. The molecule has 1 N–H and O–H groups in total. The van der Waals surface area contributed by atoms with Crippen LogP contribution in [-0.2, 0) is 0 Å². The fourth-order valence-electron chi connectivity index (χ4n) is 3.35. The second-order valence-corrected chi connectivity index (χ2v) is 5.83. The SMILES string of the molecule is Fc1ccccc1N1CCN(C2CCCCNC2)CC1. The molecule has 110 valence electrons. The summed E-state index contributed by atoms with van der Waals surface area (Å²) in [6, 6.07) is 7.78. The van der Waals surface area contributed by atoms with Gasteiger partial charge in [0, 0.05) is 38.8 Å². The lowest BCUT2D eigenvalue weighted by Gasteiger charge is -2.40. The maximum Gasteiger partial charge on any atom is 0.146 e. The number of nitrogens with one attached hydrogen (secondary N) is 1. The van der Waals surface area contributed by atoms with E-state index >= 15 is 0 Å². The number of halogens is 1. The second kappa shape index (κ2) is 6.55. The average molecular weight is 277 g/mol. The fraction of sp³-hybridized carbons (Fsp3) is 0.625. The van der Waals surface area contributed by atoms with Gasteiger partial charge in [0.15, 0.2) is 0 Å². The predicted molar refractivity (Wildman–Crippen MR) is 80.7 cm³/mol. The number of piperazine rings is 1. The largest absolute Gasteiger partial charge is 0.367 e. The monoisotopic (exact) mass is 277 g/mol. The molecule has 2 saturated heterocycles. The molecule has 20 heavy (non-hydrogen) atoms. The minimum Gasteiger partial charge on any atom is -0.367 e. The summed E-state index contributed by atoms with van der Waals surface area (Å²) < 4.78 is 13.8. The van der Waals surface area contributed by atoms with Gasteiger partial charge in [-0.3, -0.25) is 4.90 Å². The first-order valence-corrected chi connectivity index (χ1v) is 7.79. The number of hydrogen-bond donors (Lipinski definition) is 1. The lowest BCUT2D eigenvalue weighted by Crippen LogP contribution is -2.52. The first-order chi connectivity index (χ1) is 9.84. The van der Waals surface area contributed by atoms with Crippen molar-refractivity contribution in [2.45, 2.75) is 25.3 Å². The molecule has 1 atom stereocenters. The van der Waals surface area contributed by atoms with Crippen molar-refractivity contribution in [2.75, 3.05) is 44.2 Å². The van der Waals surface area contributed by atoms with Crippen molar-refractivity contribution in [1.82, 2.24) is 10.2 Å². The molecule has 1 aromatic rings. The molecule has 2 fully saturated rings. The molecule has 0 spiro atoms. The zero-order valence-electron chi connectivity index (χ0n) is 12.0. The number of rotatable bonds is 2. The smallest absolute Gasteiger partial charge is 0.146 e. The van der Waals surface area contributed by atoms with Gasteiger partial charge in [-0.2, -0.15) is 0 Å². The molecule has 0 saturated carbocycles. The Hall–Kier alpha value is -1.13. The van der Waals surface area contributed by atoms with E-state index in [2.05, 4.69) is 15.1 Å². The van der Waals surface area contributed by atoms with Gasteiger partial charge in [-0.15, -0.1) is 0 Å². The Bertz CT molecular complexity index is 421. The molecular formula is C16H24FN3. The van der Waals surface area contributed by atoms with Crippen LogP contribution < -0.4 is 10.2 Å². The Morgan fingerprint density at radius 2 is 1.85 bits per heavy atom. The van der Waals surface area contributed by atoms with Crippen LogP contribution >= 0.6 is 0 Å². The normalized spacial score (nSPS) is 25.4. The van der Waals surface area contributed by atoms with Crippen molar-refractivity contribution in [3.63, 3.8) is 0 Å². The Balaban J connectivity index is 1.58. The maximum absolute atomic E-state index is 13.8. The van der Waals surface area contributed by atoms with Crippen molar-refractivity contribution in [3.05, 3.63) is 30.1 Å². The van der Waals surface area contributed by atoms with Crippen molar-refractivity contribution in [3.8, 4) is 0 Å². The first kappa shape index (κ1) is 13.8. The summed E-state index contributed by atoms with van der Waals surface area (Å²) >= 11 is 0. The van der Waals surface area contributed by atoms with Gasteiger partial charge >= 0.3 is 0 Å². The van der Waals surface area contributed by atoms with E-state index in [9.17, 15) is 4.39 Å². The Morgan fingerprint density at radius 1 is 1.05 bits per heavy atom. The summed E-state index contributed by atoms with van der Waals surface area (Å²) in [6.07, 6.45) is 3.92. The minimum atomic E-state index is -0.0999. The van der Waals surface area contributed by atoms with Crippen LogP contribution in [0.3, 0.4) is 0 Å². The van der Waals surface area contributed by atoms with Gasteiger partial charge in [0.2, 0.25) is 0 Å². The number of nitrogens with zero attached hydrogens (tertiary/aromatic N) is 2. The molecule has 3 nitrogen and oxygen atoms in total. The van der Waals surface area contributed by atoms with E-state index in [1.54, 1.807) is 12.1 Å². The third-order valence-corrected chi connectivity index (χ3v) is 4.54. The molecule has 1 unspecified atom stereocenters. The Labute approximate surface area is 120 Å². The van der Waals surface area contributed by atoms with E-state index < -0.39 is 0 Å². The Kier molecular flexibility index (Phi) is 4.53. The topological polar surface area (TPSA) is 18.5 Å². The molecule has 1 aromatic carbocycles. The van der Waals surface area contributed by atoms with Crippen LogP contribution in [0.5, 0.6) is 0 Å². The lowest BCUT2D eigenvalue weighted by atomic mass is 10.1. The third kappa shape index (κ3) is 3.13. The zero-order chi connectivity index (χ0) is 13.8. The summed E-state index contributed by atoms with van der Waals surface area (Å²) in [7, 11) is 0. The predicted octanol–water partition coefficient (Wildman–Crippen LogP) is 2.09. The maximum atomic E-state index is 13.8. The highest BCUT2D eigenvalue weighted by molar-refractivity contribution is 5.48. The summed E-state index contributed by atoms with van der Waals surface area (Å²) in [5, 5.41) is 3.53. The lowest BCUT2D eigenvalue weighted by molar-refractivity contribution is 0.176. The molecule has 0 aromatic heterocycles.